The van der Waals surface area contributed by atoms with E-state index < -0.39 is 0 Å². The fourth-order valence-electron chi connectivity index (χ4n) is 3.34. The highest BCUT2D eigenvalue weighted by Gasteiger charge is 2.25. The first-order chi connectivity index (χ1) is 13.7. The van der Waals surface area contributed by atoms with Crippen molar-refractivity contribution >= 4 is 5.91 Å². The molecule has 3 aromatic rings. The first-order valence-electron chi connectivity index (χ1n) is 9.49. The minimum absolute atomic E-state index is 0.0202. The molecule has 7 heteroatoms. The number of pyridine rings is 1. The molecule has 1 fully saturated rings. The van der Waals surface area contributed by atoms with E-state index in [0.29, 0.717) is 13.1 Å². The number of carbonyl (C=O) groups is 1. The Kier molecular flexibility index (Phi) is 5.32. The van der Waals surface area contributed by atoms with E-state index in [9.17, 15) is 4.79 Å². The van der Waals surface area contributed by atoms with Crippen LogP contribution < -0.4 is 4.74 Å². The number of rotatable bonds is 5. The van der Waals surface area contributed by atoms with E-state index in [4.69, 9.17) is 4.74 Å². The summed E-state index contributed by atoms with van der Waals surface area (Å²) in [6.45, 7) is 3.48. The first-order valence-corrected chi connectivity index (χ1v) is 9.49. The van der Waals surface area contributed by atoms with Gasteiger partial charge in [0.25, 0.3) is 5.91 Å². The van der Waals surface area contributed by atoms with Crippen LogP contribution in [0.2, 0.25) is 0 Å². The monoisotopic (exact) mass is 377 g/mol. The molecule has 0 spiro atoms. The lowest BCUT2D eigenvalue weighted by atomic mass is 10.1. The highest BCUT2D eigenvalue weighted by atomic mass is 16.5. The molecule has 0 bridgehead atoms. The average molecular weight is 377 g/mol. The summed E-state index contributed by atoms with van der Waals surface area (Å²) in [4.78, 5) is 18.6. The molecule has 0 unspecified atom stereocenters. The number of hydrogen-bond acceptors (Lipinski definition) is 5. The number of ether oxygens (including phenoxy) is 1. The fourth-order valence-corrected chi connectivity index (χ4v) is 3.34. The number of benzene rings is 1. The molecule has 0 radical (unpaired) electrons. The van der Waals surface area contributed by atoms with Gasteiger partial charge in [-0.1, -0.05) is 29.0 Å². The molecule has 1 aliphatic heterocycles. The molecule has 0 aliphatic carbocycles. The molecule has 2 aromatic heterocycles. The maximum Gasteiger partial charge on any atom is 0.260 e. The SMILES string of the molecule is Cc1ccc(OCC(=O)N2CCC(n3cc(-c4ccccn4)nn3)CC2)cc1. The van der Waals surface area contributed by atoms with Gasteiger partial charge in [0.1, 0.15) is 11.4 Å². The molecule has 4 rings (SSSR count). The summed E-state index contributed by atoms with van der Waals surface area (Å²) in [5.41, 5.74) is 2.75. The fraction of sp³-hybridized carbons (Fsp3) is 0.333. The Labute approximate surface area is 164 Å². The summed E-state index contributed by atoms with van der Waals surface area (Å²) in [6.07, 6.45) is 5.38. The molecule has 1 aromatic carbocycles. The van der Waals surface area contributed by atoms with E-state index >= 15 is 0 Å². The zero-order valence-corrected chi connectivity index (χ0v) is 15.9. The van der Waals surface area contributed by atoms with Crippen molar-refractivity contribution in [3.63, 3.8) is 0 Å². The van der Waals surface area contributed by atoms with Gasteiger partial charge in [-0.3, -0.25) is 9.78 Å². The van der Waals surface area contributed by atoms with E-state index in [1.165, 1.54) is 5.56 Å². The van der Waals surface area contributed by atoms with Crippen molar-refractivity contribution in [2.24, 2.45) is 0 Å². The van der Waals surface area contributed by atoms with Gasteiger partial charge in [0.2, 0.25) is 0 Å². The number of aromatic nitrogens is 4. The topological polar surface area (TPSA) is 73.1 Å². The lowest BCUT2D eigenvalue weighted by molar-refractivity contribution is -0.134. The number of aryl methyl sites for hydroxylation is 1. The second-order valence-electron chi connectivity index (χ2n) is 7.01. The van der Waals surface area contributed by atoms with Crippen LogP contribution in [0, 0.1) is 6.92 Å². The second kappa shape index (κ2) is 8.21. The smallest absolute Gasteiger partial charge is 0.260 e. The largest absolute Gasteiger partial charge is 0.484 e. The Balaban J connectivity index is 1.29. The lowest BCUT2D eigenvalue weighted by Crippen LogP contribution is -2.41. The van der Waals surface area contributed by atoms with Crippen LogP contribution >= 0.6 is 0 Å². The third kappa shape index (κ3) is 4.19. The lowest BCUT2D eigenvalue weighted by Gasteiger charge is -2.31. The molecular formula is C21H23N5O2. The van der Waals surface area contributed by atoms with E-state index in [2.05, 4.69) is 15.3 Å². The van der Waals surface area contributed by atoms with E-state index in [1.807, 2.05) is 65.2 Å². The van der Waals surface area contributed by atoms with Gasteiger partial charge in [-0.25, -0.2) is 4.68 Å². The zero-order valence-electron chi connectivity index (χ0n) is 15.9. The van der Waals surface area contributed by atoms with Crippen LogP contribution in [0.5, 0.6) is 5.75 Å². The van der Waals surface area contributed by atoms with Crippen molar-refractivity contribution in [2.45, 2.75) is 25.8 Å². The third-order valence-electron chi connectivity index (χ3n) is 5.01. The van der Waals surface area contributed by atoms with Crippen LogP contribution in [-0.2, 0) is 4.79 Å². The van der Waals surface area contributed by atoms with Crippen molar-refractivity contribution in [1.82, 2.24) is 24.9 Å². The molecule has 0 saturated carbocycles. The average Bonchev–Trinajstić information content (AvgIpc) is 3.24. The molecule has 7 nitrogen and oxygen atoms in total. The van der Waals surface area contributed by atoms with Gasteiger partial charge in [0.15, 0.2) is 6.61 Å². The van der Waals surface area contributed by atoms with Crippen LogP contribution in [0.15, 0.2) is 54.9 Å². The molecule has 3 heterocycles. The maximum absolute atomic E-state index is 12.4. The van der Waals surface area contributed by atoms with Crippen LogP contribution in [0.3, 0.4) is 0 Å². The Morgan fingerprint density at radius 1 is 1.11 bits per heavy atom. The van der Waals surface area contributed by atoms with Crippen LogP contribution in [0.1, 0.15) is 24.4 Å². The number of likely N-dealkylation sites (tertiary alicyclic amines) is 1. The molecular weight excluding hydrogens is 354 g/mol. The highest BCUT2D eigenvalue weighted by Crippen LogP contribution is 2.23. The number of amides is 1. The van der Waals surface area contributed by atoms with Gasteiger partial charge >= 0.3 is 0 Å². The number of nitrogens with zero attached hydrogens (tertiary/aromatic N) is 5. The molecule has 1 saturated heterocycles. The quantitative estimate of drug-likeness (QED) is 0.684. The zero-order chi connectivity index (χ0) is 19.3. The maximum atomic E-state index is 12.4. The van der Waals surface area contributed by atoms with Gasteiger partial charge in [-0.15, -0.1) is 5.10 Å². The van der Waals surface area contributed by atoms with Crippen LogP contribution in [-0.4, -0.2) is 50.5 Å². The number of carbonyl (C=O) groups excluding carboxylic acids is 1. The second-order valence-corrected chi connectivity index (χ2v) is 7.01. The summed E-state index contributed by atoms with van der Waals surface area (Å²) in [5.74, 6) is 0.741. The predicted molar refractivity (Wildman–Crippen MR) is 105 cm³/mol. The van der Waals surface area contributed by atoms with Crippen molar-refractivity contribution in [3.05, 3.63) is 60.4 Å². The first kappa shape index (κ1) is 18.2. The molecule has 0 atom stereocenters. The molecule has 28 heavy (non-hydrogen) atoms. The summed E-state index contributed by atoms with van der Waals surface area (Å²) in [7, 11) is 0. The van der Waals surface area contributed by atoms with Gasteiger partial charge in [0, 0.05) is 19.3 Å². The van der Waals surface area contributed by atoms with Crippen molar-refractivity contribution in [3.8, 4) is 17.1 Å². The van der Waals surface area contributed by atoms with Gasteiger partial charge in [0.05, 0.1) is 17.9 Å². The van der Waals surface area contributed by atoms with Crippen molar-refractivity contribution < 1.29 is 9.53 Å². The van der Waals surface area contributed by atoms with E-state index in [1.54, 1.807) is 6.20 Å². The number of piperidine rings is 1. The highest BCUT2D eigenvalue weighted by molar-refractivity contribution is 5.77. The molecule has 1 aliphatic rings. The van der Waals surface area contributed by atoms with Crippen LogP contribution in [0.4, 0.5) is 0 Å². The van der Waals surface area contributed by atoms with Gasteiger partial charge < -0.3 is 9.64 Å². The summed E-state index contributed by atoms with van der Waals surface area (Å²) < 4.78 is 7.51. The number of hydrogen-bond donors (Lipinski definition) is 0. The van der Waals surface area contributed by atoms with E-state index in [0.717, 1.165) is 30.0 Å². The van der Waals surface area contributed by atoms with Crippen molar-refractivity contribution in [2.75, 3.05) is 19.7 Å². The van der Waals surface area contributed by atoms with Gasteiger partial charge in [-0.05, 0) is 44.0 Å². The summed E-state index contributed by atoms with van der Waals surface area (Å²) in [5, 5.41) is 8.50. The molecule has 1 amide bonds. The molecule has 0 N–H and O–H groups in total. The standard InChI is InChI=1S/C21H23N5O2/c1-16-5-7-18(8-6-16)28-15-21(27)25-12-9-17(10-13-25)26-14-20(23-24-26)19-4-2-3-11-22-19/h2-8,11,14,17H,9-10,12-13,15H2,1H3. The predicted octanol–water partition coefficient (Wildman–Crippen LogP) is 2.89. The summed E-state index contributed by atoms with van der Waals surface area (Å²) in [6, 6.07) is 13.7. The Morgan fingerprint density at radius 2 is 1.89 bits per heavy atom. The third-order valence-corrected chi connectivity index (χ3v) is 5.01. The Morgan fingerprint density at radius 3 is 2.61 bits per heavy atom. The Bertz CT molecular complexity index is 915. The molecule has 144 valence electrons. The van der Waals surface area contributed by atoms with Crippen LogP contribution in [0.25, 0.3) is 11.4 Å². The van der Waals surface area contributed by atoms with Crippen molar-refractivity contribution in [1.29, 1.82) is 0 Å². The Hall–Kier alpha value is -3.22. The van der Waals surface area contributed by atoms with E-state index in [-0.39, 0.29) is 18.6 Å². The minimum atomic E-state index is 0.0202. The minimum Gasteiger partial charge on any atom is -0.484 e. The summed E-state index contributed by atoms with van der Waals surface area (Å²) >= 11 is 0. The normalized spacial score (nSPS) is 14.8. The van der Waals surface area contributed by atoms with Gasteiger partial charge in [-0.2, -0.15) is 0 Å².